The highest BCUT2D eigenvalue weighted by molar-refractivity contribution is 8.00. The molecule has 0 aliphatic rings. The van der Waals surface area contributed by atoms with Crippen LogP contribution in [0.3, 0.4) is 0 Å². The third-order valence-corrected chi connectivity index (χ3v) is 6.66. The molecule has 0 saturated carbocycles. The lowest BCUT2D eigenvalue weighted by Gasteiger charge is -2.25. The van der Waals surface area contributed by atoms with Gasteiger partial charge in [0.05, 0.1) is 5.75 Å². The normalized spacial score (nSPS) is 12.2. The number of hydrogen-bond donors (Lipinski definition) is 1. The van der Waals surface area contributed by atoms with Gasteiger partial charge in [-0.15, -0.1) is 11.8 Å². The molecule has 2 N–H and O–H groups in total. The zero-order chi connectivity index (χ0) is 15.2. The van der Waals surface area contributed by atoms with E-state index >= 15 is 0 Å². The minimum absolute atomic E-state index is 0.0896. The Labute approximate surface area is 126 Å². The van der Waals surface area contributed by atoms with Crippen molar-refractivity contribution in [2.75, 3.05) is 24.3 Å². The van der Waals surface area contributed by atoms with Crippen LogP contribution in [0.2, 0.25) is 0 Å². The molecule has 4 nitrogen and oxygen atoms in total. The number of nitrogens with zero attached hydrogens (tertiary/aromatic N) is 1. The number of nitrogens with two attached hydrogens (primary N) is 1. The Morgan fingerprint density at radius 2 is 1.85 bits per heavy atom. The predicted octanol–water partition coefficient (Wildman–Crippen LogP) is 2.81. The third-order valence-electron chi connectivity index (χ3n) is 3.41. The van der Waals surface area contributed by atoms with Crippen molar-refractivity contribution in [1.82, 2.24) is 4.31 Å². The van der Waals surface area contributed by atoms with Crippen LogP contribution in [0.1, 0.15) is 26.7 Å². The number of hydrogen-bond acceptors (Lipinski definition) is 4. The molecule has 6 heteroatoms. The topological polar surface area (TPSA) is 63.4 Å². The number of benzene rings is 1. The van der Waals surface area contributed by atoms with E-state index in [1.54, 1.807) is 7.05 Å². The molecule has 0 aliphatic carbocycles. The Morgan fingerprint density at radius 1 is 1.25 bits per heavy atom. The lowest BCUT2D eigenvalue weighted by molar-refractivity contribution is 0.350. The summed E-state index contributed by atoms with van der Waals surface area (Å²) in [5, 5.41) is 0. The van der Waals surface area contributed by atoms with Crippen LogP contribution in [-0.2, 0) is 10.0 Å². The van der Waals surface area contributed by atoms with Gasteiger partial charge < -0.3 is 5.73 Å². The maximum Gasteiger partial charge on any atom is 0.214 e. The maximum absolute atomic E-state index is 12.2. The van der Waals surface area contributed by atoms with Gasteiger partial charge in [0.1, 0.15) is 0 Å². The quantitative estimate of drug-likeness (QED) is 0.592. The van der Waals surface area contributed by atoms with Crippen LogP contribution in [0.4, 0.5) is 5.69 Å². The van der Waals surface area contributed by atoms with E-state index in [2.05, 4.69) is 0 Å². The van der Waals surface area contributed by atoms with Crippen LogP contribution >= 0.6 is 11.8 Å². The van der Waals surface area contributed by atoms with Gasteiger partial charge in [-0.3, -0.25) is 0 Å². The Morgan fingerprint density at radius 3 is 2.40 bits per heavy atom. The minimum Gasteiger partial charge on any atom is -0.398 e. The second-order valence-electron chi connectivity index (χ2n) is 4.69. The van der Waals surface area contributed by atoms with Gasteiger partial charge in [-0.2, -0.15) is 0 Å². The van der Waals surface area contributed by atoms with Crippen LogP contribution in [0.5, 0.6) is 0 Å². The van der Waals surface area contributed by atoms with Gasteiger partial charge in [-0.05, 0) is 25.0 Å². The van der Waals surface area contributed by atoms with Crippen LogP contribution in [0.25, 0.3) is 0 Å². The zero-order valence-corrected chi connectivity index (χ0v) is 14.0. The molecule has 0 radical (unpaired) electrons. The first-order valence-electron chi connectivity index (χ1n) is 6.85. The fourth-order valence-electron chi connectivity index (χ4n) is 2.04. The summed E-state index contributed by atoms with van der Waals surface area (Å²) in [5.74, 6) is 0.653. The van der Waals surface area contributed by atoms with Gasteiger partial charge in [0.15, 0.2) is 0 Å². The molecule has 0 bridgehead atoms. The molecule has 0 atom stereocenters. The molecular weight excluding hydrogens is 292 g/mol. The Balaban J connectivity index is 2.58. The molecule has 0 unspecified atom stereocenters. The average Bonchev–Trinajstić information content (AvgIpc) is 2.42. The fraction of sp³-hybridized carbons (Fsp3) is 0.571. The molecule has 1 aromatic carbocycles. The molecule has 0 aliphatic heterocycles. The van der Waals surface area contributed by atoms with Gasteiger partial charge in [0.25, 0.3) is 0 Å². The van der Waals surface area contributed by atoms with Crippen molar-refractivity contribution in [1.29, 1.82) is 0 Å². The van der Waals surface area contributed by atoms with Crippen LogP contribution in [0.15, 0.2) is 29.2 Å². The summed E-state index contributed by atoms with van der Waals surface area (Å²) in [5.41, 5.74) is 6.54. The third kappa shape index (κ3) is 4.68. The summed E-state index contributed by atoms with van der Waals surface area (Å²) >= 11 is 1.49. The van der Waals surface area contributed by atoms with Crippen LogP contribution in [0, 0.1) is 0 Å². The van der Waals surface area contributed by atoms with Gasteiger partial charge in [-0.25, -0.2) is 12.7 Å². The van der Waals surface area contributed by atoms with E-state index in [-0.39, 0.29) is 11.8 Å². The van der Waals surface area contributed by atoms with Crippen LogP contribution in [-0.4, -0.2) is 37.3 Å². The zero-order valence-electron chi connectivity index (χ0n) is 12.4. The molecule has 1 rings (SSSR count). The summed E-state index contributed by atoms with van der Waals surface area (Å²) in [4.78, 5) is 0.938. The number of para-hydroxylation sites is 1. The first-order valence-corrected chi connectivity index (χ1v) is 9.44. The molecular formula is C14H24N2O2S2. The summed E-state index contributed by atoms with van der Waals surface area (Å²) in [6, 6.07) is 7.61. The van der Waals surface area contributed by atoms with Crippen molar-refractivity contribution < 1.29 is 8.42 Å². The molecule has 0 fully saturated rings. The molecule has 20 heavy (non-hydrogen) atoms. The molecule has 0 amide bonds. The van der Waals surface area contributed by atoms with E-state index < -0.39 is 10.0 Å². The van der Waals surface area contributed by atoms with Gasteiger partial charge in [-0.1, -0.05) is 26.0 Å². The number of thioether (sulfide) groups is 1. The van der Waals surface area contributed by atoms with E-state index in [0.717, 1.165) is 17.7 Å². The van der Waals surface area contributed by atoms with Crippen molar-refractivity contribution in [3.05, 3.63) is 24.3 Å². The largest absolute Gasteiger partial charge is 0.398 e. The van der Waals surface area contributed by atoms with Gasteiger partial charge in [0.2, 0.25) is 10.0 Å². The van der Waals surface area contributed by atoms with Crippen molar-refractivity contribution >= 4 is 27.5 Å². The van der Waals surface area contributed by atoms with Gasteiger partial charge >= 0.3 is 0 Å². The number of sulfonamides is 1. The maximum atomic E-state index is 12.2. The first-order chi connectivity index (χ1) is 9.42. The highest BCUT2D eigenvalue weighted by Gasteiger charge is 2.23. The standard InChI is InChI=1S/C14H24N2O2S2/c1-4-12(5-2)16(3)20(17,18)11-10-19-14-9-7-6-8-13(14)15/h6-9,12H,4-5,10-11,15H2,1-3H3. The monoisotopic (exact) mass is 316 g/mol. The molecule has 1 aromatic rings. The Hall–Kier alpha value is -0.720. The highest BCUT2D eigenvalue weighted by atomic mass is 32.2. The second-order valence-corrected chi connectivity index (χ2v) is 7.97. The van der Waals surface area contributed by atoms with Crippen molar-refractivity contribution in [3.8, 4) is 0 Å². The van der Waals surface area contributed by atoms with Gasteiger partial charge in [0, 0.05) is 29.4 Å². The molecule has 0 heterocycles. The minimum atomic E-state index is -3.20. The number of rotatable bonds is 8. The van der Waals surface area contributed by atoms with E-state index in [4.69, 9.17) is 5.73 Å². The van der Waals surface area contributed by atoms with Crippen molar-refractivity contribution in [2.45, 2.75) is 37.6 Å². The predicted molar refractivity (Wildman–Crippen MR) is 87.5 cm³/mol. The van der Waals surface area contributed by atoms with E-state index in [1.165, 1.54) is 16.1 Å². The van der Waals surface area contributed by atoms with E-state index in [0.29, 0.717) is 11.4 Å². The first kappa shape index (κ1) is 17.3. The van der Waals surface area contributed by atoms with Crippen molar-refractivity contribution in [2.24, 2.45) is 0 Å². The molecule has 114 valence electrons. The van der Waals surface area contributed by atoms with Crippen LogP contribution < -0.4 is 5.73 Å². The second kappa shape index (κ2) is 7.90. The molecule has 0 saturated heterocycles. The van der Waals surface area contributed by atoms with Crippen molar-refractivity contribution in [3.63, 3.8) is 0 Å². The number of anilines is 1. The SMILES string of the molecule is CCC(CC)N(C)S(=O)(=O)CCSc1ccccc1N. The smallest absolute Gasteiger partial charge is 0.214 e. The van der Waals surface area contributed by atoms with E-state index in [1.807, 2.05) is 38.1 Å². The summed E-state index contributed by atoms with van der Waals surface area (Å²) < 4.78 is 26.0. The Bertz CT molecular complexity index is 514. The molecule has 0 aromatic heterocycles. The lowest BCUT2D eigenvalue weighted by atomic mass is 10.2. The Kier molecular flexibility index (Phi) is 6.85. The summed E-state index contributed by atoms with van der Waals surface area (Å²) in [6.45, 7) is 4.03. The average molecular weight is 316 g/mol. The molecule has 0 spiro atoms. The number of nitrogen functional groups attached to an aromatic ring is 1. The fourth-order valence-corrected chi connectivity index (χ4v) is 4.89. The van der Waals surface area contributed by atoms with E-state index in [9.17, 15) is 8.42 Å². The highest BCUT2D eigenvalue weighted by Crippen LogP contribution is 2.24. The summed E-state index contributed by atoms with van der Waals surface area (Å²) in [6.07, 6.45) is 1.68. The summed E-state index contributed by atoms with van der Waals surface area (Å²) in [7, 11) is -1.52. The lowest BCUT2D eigenvalue weighted by Crippen LogP contribution is -2.38.